The molecular weight excluding hydrogens is 272 g/mol. The highest BCUT2D eigenvalue weighted by atomic mass is 16.5. The third-order valence-electron chi connectivity index (χ3n) is 3.33. The maximum Gasteiger partial charge on any atom is 0.305 e. The van der Waals surface area contributed by atoms with Crippen LogP contribution in [0.15, 0.2) is 36.5 Å². The first-order valence-electron chi connectivity index (χ1n) is 8.91. The van der Waals surface area contributed by atoms with E-state index >= 15 is 0 Å². The second-order valence-corrected chi connectivity index (χ2v) is 5.43. The van der Waals surface area contributed by atoms with Gasteiger partial charge in [-0.1, -0.05) is 56.2 Å². The summed E-state index contributed by atoms with van der Waals surface area (Å²) in [7, 11) is 0. The molecule has 126 valence electrons. The first kappa shape index (κ1) is 20.7. The first-order chi connectivity index (χ1) is 10.8. The van der Waals surface area contributed by atoms with E-state index in [1.807, 2.05) is 6.92 Å². The number of ether oxygens (including phenoxy) is 1. The van der Waals surface area contributed by atoms with Crippen molar-refractivity contribution in [3.63, 3.8) is 0 Å². The number of hydrogen-bond acceptors (Lipinski definition) is 2. The zero-order valence-electron chi connectivity index (χ0n) is 14.6. The minimum absolute atomic E-state index is 0.0721. The van der Waals surface area contributed by atoms with Crippen LogP contribution in [0.3, 0.4) is 0 Å². The van der Waals surface area contributed by atoms with Crippen LogP contribution in [0.5, 0.6) is 0 Å². The van der Waals surface area contributed by atoms with Gasteiger partial charge in [0.05, 0.1) is 6.61 Å². The van der Waals surface area contributed by atoms with Crippen LogP contribution in [0.2, 0.25) is 0 Å². The Morgan fingerprint density at radius 2 is 1.32 bits per heavy atom. The molecule has 0 heterocycles. The molecule has 0 aliphatic heterocycles. The molecule has 0 fully saturated rings. The monoisotopic (exact) mass is 306 g/mol. The van der Waals surface area contributed by atoms with E-state index in [4.69, 9.17) is 4.74 Å². The average Bonchev–Trinajstić information content (AvgIpc) is 2.51. The lowest BCUT2D eigenvalue weighted by molar-refractivity contribution is -0.143. The fourth-order valence-corrected chi connectivity index (χ4v) is 2.05. The Hall–Kier alpha value is -1.31. The molecule has 0 saturated heterocycles. The van der Waals surface area contributed by atoms with Crippen LogP contribution in [0.25, 0.3) is 0 Å². The summed E-state index contributed by atoms with van der Waals surface area (Å²) in [5.74, 6) is -0.0721. The number of rotatable bonds is 14. The number of carbonyl (C=O) groups is 1. The predicted molar refractivity (Wildman–Crippen MR) is 95.9 cm³/mol. The van der Waals surface area contributed by atoms with Crippen molar-refractivity contribution in [2.75, 3.05) is 6.61 Å². The summed E-state index contributed by atoms with van der Waals surface area (Å²) in [6, 6.07) is 0. The fraction of sp³-hybridized carbons (Fsp3) is 0.650. The van der Waals surface area contributed by atoms with Crippen LogP contribution in [0, 0.1) is 0 Å². The lowest BCUT2D eigenvalue weighted by Crippen LogP contribution is -2.02. The Kier molecular flexibility index (Phi) is 16.7. The quantitative estimate of drug-likeness (QED) is 0.219. The number of carbonyl (C=O) groups excluding carboxylic acids is 1. The third-order valence-corrected chi connectivity index (χ3v) is 3.33. The van der Waals surface area contributed by atoms with Crippen molar-refractivity contribution in [2.24, 2.45) is 0 Å². The molecule has 0 rings (SSSR count). The number of allylic oxidation sites excluding steroid dienone is 6. The van der Waals surface area contributed by atoms with Crippen molar-refractivity contribution in [2.45, 2.75) is 78.1 Å². The summed E-state index contributed by atoms with van der Waals surface area (Å²) < 4.78 is 4.89. The average molecular weight is 306 g/mol. The van der Waals surface area contributed by atoms with Crippen LogP contribution in [0.4, 0.5) is 0 Å². The first-order valence-corrected chi connectivity index (χ1v) is 8.91. The summed E-state index contributed by atoms with van der Waals surface area (Å²) in [5.41, 5.74) is 0. The molecular formula is C20H34O2. The molecule has 0 saturated carbocycles. The standard InChI is InChI=1S/C20H34O2/c1-3-5-6-7-8-9-10-11-12-13-14-15-16-17-18-19-20(21)22-4-2/h8-9,11-12,14-15H,3-7,10,13,16-19H2,1-2H3/b9-8+,12-11-,15-14+. The number of hydrogen-bond donors (Lipinski definition) is 0. The smallest absolute Gasteiger partial charge is 0.305 e. The molecule has 0 bridgehead atoms. The van der Waals surface area contributed by atoms with E-state index in [-0.39, 0.29) is 5.97 Å². The van der Waals surface area contributed by atoms with E-state index in [1.165, 1.54) is 25.7 Å². The van der Waals surface area contributed by atoms with Gasteiger partial charge in [-0.05, 0) is 51.9 Å². The highest BCUT2D eigenvalue weighted by Crippen LogP contribution is 2.03. The third kappa shape index (κ3) is 16.7. The number of esters is 1. The molecule has 0 N–H and O–H groups in total. The minimum Gasteiger partial charge on any atom is -0.466 e. The second-order valence-electron chi connectivity index (χ2n) is 5.43. The molecule has 22 heavy (non-hydrogen) atoms. The van der Waals surface area contributed by atoms with E-state index in [0.717, 1.165) is 32.1 Å². The van der Waals surface area contributed by atoms with Gasteiger partial charge in [-0.15, -0.1) is 0 Å². The Labute approximate surface area is 137 Å². The van der Waals surface area contributed by atoms with Crippen molar-refractivity contribution in [3.05, 3.63) is 36.5 Å². The highest BCUT2D eigenvalue weighted by molar-refractivity contribution is 5.69. The molecule has 0 unspecified atom stereocenters. The summed E-state index contributed by atoms with van der Waals surface area (Å²) >= 11 is 0. The number of unbranched alkanes of at least 4 members (excludes halogenated alkanes) is 5. The SMILES string of the molecule is CCCCC/C=C/C/C=C\C/C=C/CCCCC(=O)OCC. The molecule has 0 aromatic heterocycles. The molecule has 2 nitrogen and oxygen atoms in total. The van der Waals surface area contributed by atoms with Crippen LogP contribution >= 0.6 is 0 Å². The second kappa shape index (κ2) is 17.7. The lowest BCUT2D eigenvalue weighted by atomic mass is 10.1. The maximum atomic E-state index is 11.1. The van der Waals surface area contributed by atoms with Gasteiger partial charge in [-0.2, -0.15) is 0 Å². The van der Waals surface area contributed by atoms with E-state index < -0.39 is 0 Å². The fourth-order valence-electron chi connectivity index (χ4n) is 2.05. The van der Waals surface area contributed by atoms with Crippen molar-refractivity contribution in [3.8, 4) is 0 Å². The molecule has 0 spiro atoms. The molecule has 0 amide bonds. The zero-order valence-corrected chi connectivity index (χ0v) is 14.6. The molecule has 0 aliphatic rings. The van der Waals surface area contributed by atoms with Gasteiger partial charge in [0.2, 0.25) is 0 Å². The summed E-state index contributed by atoms with van der Waals surface area (Å²) in [6.07, 6.45) is 24.2. The van der Waals surface area contributed by atoms with Crippen molar-refractivity contribution in [1.82, 2.24) is 0 Å². The van der Waals surface area contributed by atoms with E-state index in [1.54, 1.807) is 0 Å². The molecule has 0 atom stereocenters. The normalized spacial score (nSPS) is 11.9. The maximum absolute atomic E-state index is 11.1. The van der Waals surface area contributed by atoms with Gasteiger partial charge >= 0.3 is 5.97 Å². The highest BCUT2D eigenvalue weighted by Gasteiger charge is 1.99. The Morgan fingerprint density at radius 1 is 0.773 bits per heavy atom. The van der Waals surface area contributed by atoms with Crippen molar-refractivity contribution >= 4 is 5.97 Å². The van der Waals surface area contributed by atoms with Gasteiger partial charge in [-0.25, -0.2) is 0 Å². The van der Waals surface area contributed by atoms with Crippen LogP contribution in [-0.2, 0) is 9.53 Å². The largest absolute Gasteiger partial charge is 0.466 e. The molecule has 2 heteroatoms. The topological polar surface area (TPSA) is 26.3 Å². The van der Waals surface area contributed by atoms with Gasteiger partial charge in [0.1, 0.15) is 0 Å². The minimum atomic E-state index is -0.0721. The molecule has 0 aliphatic carbocycles. The Balaban J connectivity index is 3.35. The molecule has 0 aromatic carbocycles. The summed E-state index contributed by atoms with van der Waals surface area (Å²) in [6.45, 7) is 4.57. The summed E-state index contributed by atoms with van der Waals surface area (Å²) in [5, 5.41) is 0. The molecule has 0 radical (unpaired) electrons. The zero-order chi connectivity index (χ0) is 16.3. The van der Waals surface area contributed by atoms with Gasteiger partial charge in [-0.3, -0.25) is 4.79 Å². The summed E-state index contributed by atoms with van der Waals surface area (Å²) in [4.78, 5) is 11.1. The van der Waals surface area contributed by atoms with Crippen molar-refractivity contribution in [1.29, 1.82) is 0 Å². The van der Waals surface area contributed by atoms with E-state index in [9.17, 15) is 4.79 Å². The Bertz CT molecular complexity index is 327. The Morgan fingerprint density at radius 3 is 1.86 bits per heavy atom. The van der Waals surface area contributed by atoms with E-state index in [0.29, 0.717) is 13.0 Å². The van der Waals surface area contributed by atoms with Gasteiger partial charge in [0.15, 0.2) is 0 Å². The predicted octanol–water partition coefficient (Wildman–Crippen LogP) is 6.14. The van der Waals surface area contributed by atoms with E-state index in [2.05, 4.69) is 43.4 Å². The van der Waals surface area contributed by atoms with Crippen molar-refractivity contribution < 1.29 is 9.53 Å². The van der Waals surface area contributed by atoms with Gasteiger partial charge in [0, 0.05) is 6.42 Å². The molecule has 0 aromatic rings. The van der Waals surface area contributed by atoms with Crippen LogP contribution < -0.4 is 0 Å². The lowest BCUT2D eigenvalue weighted by Gasteiger charge is -1.99. The van der Waals surface area contributed by atoms with Gasteiger partial charge in [0.25, 0.3) is 0 Å². The van der Waals surface area contributed by atoms with Gasteiger partial charge < -0.3 is 4.74 Å². The van der Waals surface area contributed by atoms with Crippen LogP contribution in [0.1, 0.15) is 78.1 Å². The van der Waals surface area contributed by atoms with Crippen LogP contribution in [-0.4, -0.2) is 12.6 Å².